The largest absolute Gasteiger partial charge is 0.393 e. The van der Waals surface area contributed by atoms with Crippen molar-refractivity contribution in [1.29, 1.82) is 0 Å². The molecule has 1 heteroatoms. The summed E-state index contributed by atoms with van der Waals surface area (Å²) < 4.78 is 0. The number of aliphatic hydroxyl groups excluding tert-OH is 1. The SMILES string of the molecule is CC[C@H](O)C1C[C@H]2CCCC[C@H]2C1. The molecule has 0 aliphatic heterocycles. The second kappa shape index (κ2) is 4.00. The Labute approximate surface area is 81.5 Å². The molecule has 2 aliphatic rings. The highest BCUT2D eigenvalue weighted by Crippen LogP contribution is 2.46. The topological polar surface area (TPSA) is 20.2 Å². The van der Waals surface area contributed by atoms with E-state index in [-0.39, 0.29) is 6.10 Å². The first kappa shape index (κ1) is 9.51. The molecule has 0 aromatic rings. The Morgan fingerprint density at radius 2 is 1.69 bits per heavy atom. The monoisotopic (exact) mass is 182 g/mol. The molecule has 2 aliphatic carbocycles. The van der Waals surface area contributed by atoms with Crippen LogP contribution >= 0.6 is 0 Å². The Bertz CT molecular complexity index is 153. The molecule has 4 atom stereocenters. The van der Waals surface area contributed by atoms with Crippen molar-refractivity contribution in [2.75, 3.05) is 0 Å². The fraction of sp³-hybridized carbons (Fsp3) is 1.00. The first-order chi connectivity index (χ1) is 6.31. The summed E-state index contributed by atoms with van der Waals surface area (Å²) in [7, 11) is 0. The smallest absolute Gasteiger partial charge is 0.0566 e. The van der Waals surface area contributed by atoms with Gasteiger partial charge in [-0.15, -0.1) is 0 Å². The zero-order valence-corrected chi connectivity index (χ0v) is 8.71. The lowest BCUT2D eigenvalue weighted by atomic mass is 9.82. The van der Waals surface area contributed by atoms with Crippen LogP contribution in [-0.4, -0.2) is 11.2 Å². The molecule has 0 heterocycles. The standard InChI is InChI=1S/C12H22O/c1-2-12(13)11-7-9-5-3-4-6-10(9)8-11/h9-13H,2-8H2,1H3/t9-,10+,11?,12-/m0/s1. The summed E-state index contributed by atoms with van der Waals surface area (Å²) in [6.45, 7) is 2.10. The van der Waals surface area contributed by atoms with Gasteiger partial charge in [-0.25, -0.2) is 0 Å². The number of rotatable bonds is 2. The maximum Gasteiger partial charge on any atom is 0.0566 e. The van der Waals surface area contributed by atoms with Gasteiger partial charge in [0.05, 0.1) is 6.10 Å². The Balaban J connectivity index is 1.91. The van der Waals surface area contributed by atoms with Crippen molar-refractivity contribution in [2.24, 2.45) is 17.8 Å². The Morgan fingerprint density at radius 3 is 2.15 bits per heavy atom. The zero-order valence-electron chi connectivity index (χ0n) is 8.71. The summed E-state index contributed by atoms with van der Waals surface area (Å²) in [6.07, 6.45) is 9.34. The maximum absolute atomic E-state index is 9.80. The van der Waals surface area contributed by atoms with Crippen LogP contribution in [0, 0.1) is 17.8 Å². The Hall–Kier alpha value is -0.0400. The molecule has 1 unspecified atom stereocenters. The molecule has 1 N–H and O–H groups in total. The first-order valence-corrected chi connectivity index (χ1v) is 5.99. The van der Waals surface area contributed by atoms with Crippen LogP contribution in [-0.2, 0) is 0 Å². The van der Waals surface area contributed by atoms with Gasteiger partial charge in [-0.1, -0.05) is 32.6 Å². The third-order valence-corrected chi connectivity index (χ3v) is 4.24. The van der Waals surface area contributed by atoms with E-state index in [9.17, 15) is 5.11 Å². The minimum atomic E-state index is -0.00870. The Kier molecular flexibility index (Phi) is 2.92. The molecule has 0 amide bonds. The number of hydrogen-bond donors (Lipinski definition) is 1. The maximum atomic E-state index is 9.80. The van der Waals surface area contributed by atoms with Crippen molar-refractivity contribution in [3.8, 4) is 0 Å². The normalized spacial score (nSPS) is 41.5. The molecule has 13 heavy (non-hydrogen) atoms. The van der Waals surface area contributed by atoms with Crippen LogP contribution in [0.2, 0.25) is 0 Å². The molecule has 0 spiro atoms. The van der Waals surface area contributed by atoms with Gasteiger partial charge in [-0.2, -0.15) is 0 Å². The highest BCUT2D eigenvalue weighted by Gasteiger charge is 2.37. The molecular weight excluding hydrogens is 160 g/mol. The summed E-state index contributed by atoms with van der Waals surface area (Å²) >= 11 is 0. The minimum Gasteiger partial charge on any atom is -0.393 e. The molecule has 2 rings (SSSR count). The second-order valence-electron chi connectivity index (χ2n) is 5.01. The third-order valence-electron chi connectivity index (χ3n) is 4.24. The average Bonchev–Trinajstić information content (AvgIpc) is 2.59. The van der Waals surface area contributed by atoms with Gasteiger partial charge in [0.2, 0.25) is 0 Å². The van der Waals surface area contributed by atoms with E-state index in [2.05, 4.69) is 6.92 Å². The molecule has 0 bridgehead atoms. The van der Waals surface area contributed by atoms with Crippen molar-refractivity contribution < 1.29 is 5.11 Å². The molecule has 76 valence electrons. The molecule has 0 radical (unpaired) electrons. The fourth-order valence-electron chi connectivity index (χ4n) is 3.43. The van der Waals surface area contributed by atoms with Crippen LogP contribution in [0.15, 0.2) is 0 Å². The van der Waals surface area contributed by atoms with Gasteiger partial charge in [-0.05, 0) is 37.0 Å². The molecule has 0 aromatic carbocycles. The highest BCUT2D eigenvalue weighted by molar-refractivity contribution is 4.88. The van der Waals surface area contributed by atoms with Crippen molar-refractivity contribution >= 4 is 0 Å². The van der Waals surface area contributed by atoms with E-state index >= 15 is 0 Å². The predicted molar refractivity (Wildman–Crippen MR) is 54.5 cm³/mol. The third kappa shape index (κ3) is 1.90. The summed E-state index contributed by atoms with van der Waals surface area (Å²) in [4.78, 5) is 0. The second-order valence-corrected chi connectivity index (χ2v) is 5.01. The van der Waals surface area contributed by atoms with Gasteiger partial charge in [0.15, 0.2) is 0 Å². The Morgan fingerprint density at radius 1 is 1.15 bits per heavy atom. The van der Waals surface area contributed by atoms with Crippen LogP contribution in [0.1, 0.15) is 51.9 Å². The minimum absolute atomic E-state index is 0.00870. The van der Waals surface area contributed by atoms with Gasteiger partial charge in [0, 0.05) is 0 Å². The van der Waals surface area contributed by atoms with Crippen LogP contribution in [0.4, 0.5) is 0 Å². The van der Waals surface area contributed by atoms with Gasteiger partial charge >= 0.3 is 0 Å². The van der Waals surface area contributed by atoms with E-state index in [1.54, 1.807) is 0 Å². The van der Waals surface area contributed by atoms with Crippen molar-refractivity contribution in [3.05, 3.63) is 0 Å². The summed E-state index contributed by atoms with van der Waals surface area (Å²) in [5.41, 5.74) is 0. The lowest BCUT2D eigenvalue weighted by Crippen LogP contribution is -2.16. The van der Waals surface area contributed by atoms with Crippen molar-refractivity contribution in [3.63, 3.8) is 0 Å². The van der Waals surface area contributed by atoms with Gasteiger partial charge in [-0.3, -0.25) is 0 Å². The van der Waals surface area contributed by atoms with Crippen molar-refractivity contribution in [1.82, 2.24) is 0 Å². The van der Waals surface area contributed by atoms with E-state index in [0.717, 1.165) is 18.3 Å². The van der Waals surface area contributed by atoms with Gasteiger partial charge < -0.3 is 5.11 Å². The van der Waals surface area contributed by atoms with E-state index in [1.807, 2.05) is 0 Å². The molecule has 0 saturated heterocycles. The molecule has 0 aromatic heterocycles. The van der Waals surface area contributed by atoms with E-state index in [0.29, 0.717) is 5.92 Å². The number of aliphatic hydroxyl groups is 1. The van der Waals surface area contributed by atoms with Crippen LogP contribution in [0.5, 0.6) is 0 Å². The van der Waals surface area contributed by atoms with Gasteiger partial charge in [0.1, 0.15) is 0 Å². The summed E-state index contributed by atoms with van der Waals surface area (Å²) in [5, 5.41) is 9.80. The van der Waals surface area contributed by atoms with Crippen LogP contribution in [0.3, 0.4) is 0 Å². The number of hydrogen-bond acceptors (Lipinski definition) is 1. The van der Waals surface area contributed by atoms with Crippen LogP contribution in [0.25, 0.3) is 0 Å². The van der Waals surface area contributed by atoms with E-state index < -0.39 is 0 Å². The summed E-state index contributed by atoms with van der Waals surface area (Å²) in [5.74, 6) is 2.58. The van der Waals surface area contributed by atoms with Crippen molar-refractivity contribution in [2.45, 2.75) is 58.0 Å². The lowest BCUT2D eigenvalue weighted by Gasteiger charge is -2.24. The molecule has 2 saturated carbocycles. The zero-order chi connectivity index (χ0) is 9.26. The highest BCUT2D eigenvalue weighted by atomic mass is 16.3. The summed E-state index contributed by atoms with van der Waals surface area (Å²) in [6, 6.07) is 0. The fourth-order valence-corrected chi connectivity index (χ4v) is 3.43. The lowest BCUT2D eigenvalue weighted by molar-refractivity contribution is 0.103. The molecule has 2 fully saturated rings. The predicted octanol–water partition coefficient (Wildman–Crippen LogP) is 2.97. The first-order valence-electron chi connectivity index (χ1n) is 5.99. The van der Waals surface area contributed by atoms with E-state index in [1.165, 1.54) is 38.5 Å². The average molecular weight is 182 g/mol. The van der Waals surface area contributed by atoms with Crippen LogP contribution < -0.4 is 0 Å². The number of fused-ring (bicyclic) bond motifs is 1. The molecular formula is C12H22O. The molecule has 1 nitrogen and oxygen atoms in total. The quantitative estimate of drug-likeness (QED) is 0.696. The van der Waals surface area contributed by atoms with E-state index in [4.69, 9.17) is 0 Å². The van der Waals surface area contributed by atoms with Gasteiger partial charge in [0.25, 0.3) is 0 Å².